The van der Waals surface area contributed by atoms with Gasteiger partial charge in [-0.3, -0.25) is 9.59 Å². The summed E-state index contributed by atoms with van der Waals surface area (Å²) in [4.78, 5) is 22.4. The molecule has 0 radical (unpaired) electrons. The van der Waals surface area contributed by atoms with E-state index >= 15 is 0 Å². The zero-order valence-electron chi connectivity index (χ0n) is 9.69. The zero-order valence-corrected chi connectivity index (χ0v) is 9.69. The van der Waals surface area contributed by atoms with Crippen LogP contribution in [0.25, 0.3) is 0 Å². The molecular formula is C12H14N2O3. The van der Waals surface area contributed by atoms with Gasteiger partial charge in [0, 0.05) is 5.56 Å². The summed E-state index contributed by atoms with van der Waals surface area (Å²) >= 11 is 0. The summed E-state index contributed by atoms with van der Waals surface area (Å²) in [6.07, 6.45) is 2.98. The lowest BCUT2D eigenvalue weighted by Crippen LogP contribution is -2.13. The van der Waals surface area contributed by atoms with E-state index in [4.69, 9.17) is 10.5 Å². The monoisotopic (exact) mass is 234 g/mol. The average molecular weight is 234 g/mol. The summed E-state index contributed by atoms with van der Waals surface area (Å²) in [6.45, 7) is 1.73. The summed E-state index contributed by atoms with van der Waals surface area (Å²) in [7, 11) is 1.48. The van der Waals surface area contributed by atoms with Crippen molar-refractivity contribution in [2.45, 2.75) is 6.92 Å². The van der Waals surface area contributed by atoms with Gasteiger partial charge in [-0.25, -0.2) is 0 Å². The van der Waals surface area contributed by atoms with Crippen molar-refractivity contribution in [3.8, 4) is 5.75 Å². The highest BCUT2D eigenvalue weighted by Gasteiger charge is 2.09. The van der Waals surface area contributed by atoms with Crippen LogP contribution in [0.5, 0.6) is 5.75 Å². The SMILES string of the molecule is CC=CC(=O)Nc1cc(C(N)=O)ccc1OC. The number of primary amides is 1. The van der Waals surface area contributed by atoms with Gasteiger partial charge in [-0.1, -0.05) is 6.08 Å². The Bertz CT molecular complexity index is 467. The van der Waals surface area contributed by atoms with Crippen LogP contribution in [-0.4, -0.2) is 18.9 Å². The van der Waals surface area contributed by atoms with Gasteiger partial charge in [-0.2, -0.15) is 0 Å². The molecular weight excluding hydrogens is 220 g/mol. The van der Waals surface area contributed by atoms with Gasteiger partial charge >= 0.3 is 0 Å². The second-order valence-electron chi connectivity index (χ2n) is 3.27. The van der Waals surface area contributed by atoms with Gasteiger partial charge in [-0.05, 0) is 31.2 Å². The molecule has 0 heterocycles. The standard InChI is InChI=1S/C12H14N2O3/c1-3-4-11(15)14-9-7-8(12(13)16)5-6-10(9)17-2/h3-7H,1-2H3,(H2,13,16)(H,14,15). The van der Waals surface area contributed by atoms with Gasteiger partial charge in [0.05, 0.1) is 12.8 Å². The van der Waals surface area contributed by atoms with Gasteiger partial charge < -0.3 is 15.8 Å². The second-order valence-corrected chi connectivity index (χ2v) is 3.27. The first-order valence-electron chi connectivity index (χ1n) is 5.00. The number of nitrogens with two attached hydrogens (primary N) is 1. The van der Waals surface area contributed by atoms with Crippen LogP contribution in [0.3, 0.4) is 0 Å². The molecule has 3 N–H and O–H groups in total. The highest BCUT2D eigenvalue weighted by molar-refractivity contribution is 6.02. The van der Waals surface area contributed by atoms with Gasteiger partial charge in [0.1, 0.15) is 5.75 Å². The lowest BCUT2D eigenvalue weighted by molar-refractivity contribution is -0.111. The summed E-state index contributed by atoms with van der Waals surface area (Å²) in [6, 6.07) is 4.58. The summed E-state index contributed by atoms with van der Waals surface area (Å²) in [5.74, 6) is -0.394. The highest BCUT2D eigenvalue weighted by Crippen LogP contribution is 2.25. The molecule has 0 aromatic heterocycles. The number of anilines is 1. The van der Waals surface area contributed by atoms with E-state index in [0.717, 1.165) is 0 Å². The van der Waals surface area contributed by atoms with Gasteiger partial charge in [0.2, 0.25) is 11.8 Å². The van der Waals surface area contributed by atoms with Crippen molar-refractivity contribution in [1.82, 2.24) is 0 Å². The molecule has 1 aromatic carbocycles. The number of benzene rings is 1. The predicted octanol–water partition coefficient (Wildman–Crippen LogP) is 1.31. The third kappa shape index (κ3) is 3.34. The fraction of sp³-hybridized carbons (Fsp3) is 0.167. The third-order valence-corrected chi connectivity index (χ3v) is 2.06. The normalized spacial score (nSPS) is 10.2. The minimum Gasteiger partial charge on any atom is -0.495 e. The molecule has 1 rings (SSSR count). The molecule has 5 heteroatoms. The second kappa shape index (κ2) is 5.69. The Balaban J connectivity index is 3.05. The van der Waals surface area contributed by atoms with E-state index in [9.17, 15) is 9.59 Å². The number of carbonyl (C=O) groups is 2. The molecule has 0 aliphatic heterocycles. The number of amides is 2. The van der Waals surface area contributed by atoms with Crippen molar-refractivity contribution in [2.24, 2.45) is 5.73 Å². The first-order chi connectivity index (χ1) is 8.08. The topological polar surface area (TPSA) is 81.4 Å². The third-order valence-electron chi connectivity index (χ3n) is 2.06. The summed E-state index contributed by atoms with van der Waals surface area (Å²) < 4.78 is 5.07. The number of hydrogen-bond donors (Lipinski definition) is 2. The van der Waals surface area contributed by atoms with Crippen LogP contribution >= 0.6 is 0 Å². The molecule has 0 aliphatic carbocycles. The minimum absolute atomic E-state index is 0.299. The van der Waals surface area contributed by atoms with Crippen LogP contribution < -0.4 is 15.8 Å². The van der Waals surface area contributed by atoms with Gasteiger partial charge in [-0.15, -0.1) is 0 Å². The Morgan fingerprint density at radius 1 is 1.41 bits per heavy atom. The maximum absolute atomic E-state index is 11.4. The fourth-order valence-electron chi connectivity index (χ4n) is 1.28. The average Bonchev–Trinajstić information content (AvgIpc) is 2.29. The Morgan fingerprint density at radius 2 is 2.12 bits per heavy atom. The number of hydrogen-bond acceptors (Lipinski definition) is 3. The van der Waals surface area contributed by atoms with Crippen molar-refractivity contribution in [2.75, 3.05) is 12.4 Å². The largest absolute Gasteiger partial charge is 0.495 e. The Hall–Kier alpha value is -2.30. The quantitative estimate of drug-likeness (QED) is 0.770. The first-order valence-corrected chi connectivity index (χ1v) is 5.00. The molecule has 0 unspecified atom stereocenters. The Labute approximate surface area is 99.3 Å². The van der Waals surface area contributed by atoms with E-state index in [1.165, 1.54) is 25.3 Å². The maximum Gasteiger partial charge on any atom is 0.248 e. The zero-order chi connectivity index (χ0) is 12.8. The van der Waals surface area contributed by atoms with E-state index in [1.54, 1.807) is 19.1 Å². The van der Waals surface area contributed by atoms with E-state index in [1.807, 2.05) is 0 Å². The molecule has 17 heavy (non-hydrogen) atoms. The molecule has 0 saturated carbocycles. The molecule has 0 bridgehead atoms. The fourth-order valence-corrected chi connectivity index (χ4v) is 1.28. The van der Waals surface area contributed by atoms with Crippen LogP contribution in [0.4, 0.5) is 5.69 Å². The molecule has 2 amide bonds. The number of methoxy groups -OCH3 is 1. The van der Waals surface area contributed by atoms with Crippen molar-refractivity contribution >= 4 is 17.5 Å². The van der Waals surface area contributed by atoms with Crippen molar-refractivity contribution < 1.29 is 14.3 Å². The summed E-state index contributed by atoms with van der Waals surface area (Å²) in [5, 5.41) is 2.60. The van der Waals surface area contributed by atoms with Crippen LogP contribution in [0.15, 0.2) is 30.4 Å². The minimum atomic E-state index is -0.561. The van der Waals surface area contributed by atoms with E-state index in [0.29, 0.717) is 17.0 Å². The highest BCUT2D eigenvalue weighted by atomic mass is 16.5. The van der Waals surface area contributed by atoms with E-state index < -0.39 is 5.91 Å². The number of carbonyl (C=O) groups excluding carboxylic acids is 2. The molecule has 0 spiro atoms. The number of rotatable bonds is 4. The van der Waals surface area contributed by atoms with Crippen LogP contribution in [0.2, 0.25) is 0 Å². The molecule has 5 nitrogen and oxygen atoms in total. The van der Waals surface area contributed by atoms with Crippen LogP contribution in [0, 0.1) is 0 Å². The molecule has 0 aliphatic rings. The number of ether oxygens (including phenoxy) is 1. The van der Waals surface area contributed by atoms with Crippen molar-refractivity contribution in [3.63, 3.8) is 0 Å². The molecule has 0 fully saturated rings. The van der Waals surface area contributed by atoms with E-state index in [2.05, 4.69) is 5.32 Å². The number of nitrogens with one attached hydrogen (secondary N) is 1. The van der Waals surface area contributed by atoms with Crippen molar-refractivity contribution in [1.29, 1.82) is 0 Å². The first kappa shape index (κ1) is 12.8. The Kier molecular flexibility index (Phi) is 4.28. The molecule has 90 valence electrons. The van der Waals surface area contributed by atoms with Gasteiger partial charge in [0.15, 0.2) is 0 Å². The number of allylic oxidation sites excluding steroid dienone is 1. The van der Waals surface area contributed by atoms with Crippen LogP contribution in [0.1, 0.15) is 17.3 Å². The molecule has 0 saturated heterocycles. The summed E-state index contributed by atoms with van der Waals surface area (Å²) in [5.41, 5.74) is 5.87. The molecule has 1 aromatic rings. The lowest BCUT2D eigenvalue weighted by atomic mass is 10.1. The maximum atomic E-state index is 11.4. The van der Waals surface area contributed by atoms with E-state index in [-0.39, 0.29) is 5.91 Å². The van der Waals surface area contributed by atoms with Crippen LogP contribution in [-0.2, 0) is 4.79 Å². The smallest absolute Gasteiger partial charge is 0.248 e. The predicted molar refractivity (Wildman–Crippen MR) is 65.0 cm³/mol. The Morgan fingerprint density at radius 3 is 2.65 bits per heavy atom. The van der Waals surface area contributed by atoms with Gasteiger partial charge in [0.25, 0.3) is 0 Å². The molecule has 0 atom stereocenters. The van der Waals surface area contributed by atoms with Crippen molar-refractivity contribution in [3.05, 3.63) is 35.9 Å². The lowest BCUT2D eigenvalue weighted by Gasteiger charge is -2.09.